The molecular weight excluding hydrogens is 236 g/mol. The summed E-state index contributed by atoms with van der Waals surface area (Å²) in [7, 11) is 0. The van der Waals surface area contributed by atoms with E-state index in [2.05, 4.69) is 5.32 Å². The molecule has 0 bridgehead atoms. The van der Waals surface area contributed by atoms with Crippen LogP contribution in [0.1, 0.15) is 0 Å². The fourth-order valence-corrected chi connectivity index (χ4v) is 1.24. The van der Waals surface area contributed by atoms with Gasteiger partial charge in [-0.3, -0.25) is 10.1 Å². The van der Waals surface area contributed by atoms with E-state index >= 15 is 0 Å². The lowest BCUT2D eigenvalue weighted by atomic mass is 10.2. The Kier molecular flexibility index (Phi) is 4.48. The van der Waals surface area contributed by atoms with Gasteiger partial charge in [-0.1, -0.05) is 11.6 Å². The molecule has 1 aromatic carbocycles. The molecule has 1 rings (SSSR count). The van der Waals surface area contributed by atoms with Crippen LogP contribution in [-0.4, -0.2) is 34.4 Å². The van der Waals surface area contributed by atoms with Crippen molar-refractivity contribution in [3.63, 3.8) is 0 Å². The Bertz CT molecular complexity index is 386. The topological polar surface area (TPSA) is 95.6 Å². The maximum Gasteiger partial charge on any atom is 0.271 e. The summed E-state index contributed by atoms with van der Waals surface area (Å²) < 4.78 is 0. The normalized spacial score (nSPS) is 12.2. The van der Waals surface area contributed by atoms with Crippen LogP contribution >= 0.6 is 11.6 Å². The number of anilines is 1. The van der Waals surface area contributed by atoms with Crippen molar-refractivity contribution in [1.82, 2.24) is 0 Å². The Morgan fingerprint density at radius 1 is 1.56 bits per heavy atom. The average Bonchev–Trinajstić information content (AvgIpc) is 2.27. The molecular formula is C9H11ClN2O4. The summed E-state index contributed by atoms with van der Waals surface area (Å²) in [5.41, 5.74) is 0.258. The Labute approximate surface area is 96.6 Å². The van der Waals surface area contributed by atoms with Crippen LogP contribution in [0, 0.1) is 10.1 Å². The molecule has 1 aromatic rings. The van der Waals surface area contributed by atoms with Crippen molar-refractivity contribution >= 4 is 23.0 Å². The predicted octanol–water partition coefficient (Wildman–Crippen LogP) is 1.01. The highest BCUT2D eigenvalue weighted by Crippen LogP contribution is 2.26. The van der Waals surface area contributed by atoms with Gasteiger partial charge in [0.1, 0.15) is 0 Å². The second kappa shape index (κ2) is 5.64. The summed E-state index contributed by atoms with van der Waals surface area (Å²) in [5.74, 6) is 0. The fraction of sp³-hybridized carbons (Fsp3) is 0.333. The van der Waals surface area contributed by atoms with Crippen molar-refractivity contribution in [2.45, 2.75) is 6.10 Å². The first-order chi connectivity index (χ1) is 7.54. The number of nitrogens with one attached hydrogen (secondary N) is 1. The van der Waals surface area contributed by atoms with Crippen molar-refractivity contribution < 1.29 is 15.1 Å². The zero-order valence-corrected chi connectivity index (χ0v) is 9.02. The largest absolute Gasteiger partial charge is 0.394 e. The number of nitro groups is 1. The minimum atomic E-state index is -0.935. The Hall–Kier alpha value is -1.37. The highest BCUT2D eigenvalue weighted by molar-refractivity contribution is 6.33. The average molecular weight is 247 g/mol. The van der Waals surface area contributed by atoms with Gasteiger partial charge in [-0.25, -0.2) is 0 Å². The number of rotatable bonds is 5. The molecule has 88 valence electrons. The van der Waals surface area contributed by atoms with Gasteiger partial charge in [0.05, 0.1) is 28.3 Å². The lowest BCUT2D eigenvalue weighted by Crippen LogP contribution is -2.23. The third-order valence-corrected chi connectivity index (χ3v) is 2.23. The van der Waals surface area contributed by atoms with E-state index in [1.807, 2.05) is 0 Å². The van der Waals surface area contributed by atoms with Gasteiger partial charge in [0.15, 0.2) is 0 Å². The minimum absolute atomic E-state index is 0.0669. The van der Waals surface area contributed by atoms with E-state index in [0.29, 0.717) is 10.7 Å². The summed E-state index contributed by atoms with van der Waals surface area (Å²) in [5, 5.41) is 31.2. The number of hydrogen-bond acceptors (Lipinski definition) is 5. The van der Waals surface area contributed by atoms with Crippen molar-refractivity contribution in [3.8, 4) is 0 Å². The molecule has 3 N–H and O–H groups in total. The maximum atomic E-state index is 10.5. The predicted molar refractivity (Wildman–Crippen MR) is 59.7 cm³/mol. The van der Waals surface area contributed by atoms with E-state index in [1.165, 1.54) is 18.2 Å². The molecule has 0 heterocycles. The number of aliphatic hydroxyl groups is 2. The molecule has 1 unspecified atom stereocenters. The summed E-state index contributed by atoms with van der Waals surface area (Å²) in [6.07, 6.45) is -0.935. The highest BCUT2D eigenvalue weighted by Gasteiger charge is 2.10. The van der Waals surface area contributed by atoms with Gasteiger partial charge >= 0.3 is 0 Å². The van der Waals surface area contributed by atoms with E-state index in [1.54, 1.807) is 0 Å². The van der Waals surface area contributed by atoms with Crippen LogP contribution in [0.15, 0.2) is 18.2 Å². The van der Waals surface area contributed by atoms with E-state index in [-0.39, 0.29) is 18.8 Å². The van der Waals surface area contributed by atoms with Crippen LogP contribution in [0.2, 0.25) is 5.02 Å². The zero-order chi connectivity index (χ0) is 12.1. The van der Waals surface area contributed by atoms with Crippen molar-refractivity contribution in [1.29, 1.82) is 0 Å². The van der Waals surface area contributed by atoms with Crippen LogP contribution in [0.4, 0.5) is 11.4 Å². The van der Waals surface area contributed by atoms with E-state index in [0.717, 1.165) is 0 Å². The van der Waals surface area contributed by atoms with Gasteiger partial charge < -0.3 is 15.5 Å². The Balaban J connectivity index is 2.78. The minimum Gasteiger partial charge on any atom is -0.394 e. The van der Waals surface area contributed by atoms with Crippen molar-refractivity contribution in [2.75, 3.05) is 18.5 Å². The molecule has 0 radical (unpaired) electrons. The van der Waals surface area contributed by atoms with Gasteiger partial charge in [0.2, 0.25) is 0 Å². The van der Waals surface area contributed by atoms with Gasteiger partial charge in [0, 0.05) is 18.7 Å². The van der Waals surface area contributed by atoms with Crippen molar-refractivity contribution in [2.24, 2.45) is 0 Å². The Morgan fingerprint density at radius 3 is 2.81 bits per heavy atom. The summed E-state index contributed by atoms with van der Waals surface area (Å²) >= 11 is 5.80. The first kappa shape index (κ1) is 12.7. The first-order valence-electron chi connectivity index (χ1n) is 4.51. The number of halogens is 1. The molecule has 0 aliphatic rings. The summed E-state index contributed by atoms with van der Waals surface area (Å²) in [4.78, 5) is 9.97. The second-order valence-electron chi connectivity index (χ2n) is 3.14. The molecule has 6 nitrogen and oxygen atoms in total. The molecule has 0 fully saturated rings. The lowest BCUT2D eigenvalue weighted by molar-refractivity contribution is -0.384. The zero-order valence-electron chi connectivity index (χ0n) is 8.26. The van der Waals surface area contributed by atoms with E-state index in [4.69, 9.17) is 21.8 Å². The summed E-state index contributed by atoms with van der Waals surface area (Å²) in [6, 6.07) is 3.95. The molecule has 0 saturated carbocycles. The molecule has 0 aliphatic carbocycles. The van der Waals surface area contributed by atoms with Gasteiger partial charge in [0.25, 0.3) is 5.69 Å². The van der Waals surface area contributed by atoms with Crippen LogP contribution < -0.4 is 5.32 Å². The third kappa shape index (κ3) is 3.34. The standard InChI is InChI=1S/C9H11ClN2O4/c10-8-2-1-6(12(15)16)3-9(8)11-4-7(14)5-13/h1-3,7,11,13-14H,4-5H2. The molecule has 0 aromatic heterocycles. The van der Waals surface area contributed by atoms with Crippen LogP contribution in [-0.2, 0) is 0 Å². The monoisotopic (exact) mass is 246 g/mol. The molecule has 0 aliphatic heterocycles. The molecule has 0 spiro atoms. The van der Waals surface area contributed by atoms with E-state index < -0.39 is 11.0 Å². The van der Waals surface area contributed by atoms with Crippen molar-refractivity contribution in [3.05, 3.63) is 33.3 Å². The number of aliphatic hydroxyl groups excluding tert-OH is 2. The number of nitrogens with zero attached hydrogens (tertiary/aromatic N) is 1. The molecule has 0 saturated heterocycles. The third-order valence-electron chi connectivity index (χ3n) is 1.90. The SMILES string of the molecule is O=[N+]([O-])c1ccc(Cl)c(NCC(O)CO)c1. The second-order valence-corrected chi connectivity index (χ2v) is 3.55. The quantitative estimate of drug-likeness (QED) is 0.532. The number of hydrogen-bond donors (Lipinski definition) is 3. The van der Waals surface area contributed by atoms with Gasteiger partial charge in [-0.05, 0) is 6.07 Å². The molecule has 7 heteroatoms. The molecule has 1 atom stereocenters. The molecule has 16 heavy (non-hydrogen) atoms. The highest BCUT2D eigenvalue weighted by atomic mass is 35.5. The smallest absolute Gasteiger partial charge is 0.271 e. The number of non-ortho nitro benzene ring substituents is 1. The first-order valence-corrected chi connectivity index (χ1v) is 4.89. The van der Waals surface area contributed by atoms with Crippen LogP contribution in [0.5, 0.6) is 0 Å². The number of benzene rings is 1. The summed E-state index contributed by atoms with van der Waals surface area (Å²) in [6.45, 7) is -0.322. The van der Waals surface area contributed by atoms with Gasteiger partial charge in [-0.15, -0.1) is 0 Å². The van der Waals surface area contributed by atoms with Gasteiger partial charge in [-0.2, -0.15) is 0 Å². The van der Waals surface area contributed by atoms with Crippen LogP contribution in [0.25, 0.3) is 0 Å². The lowest BCUT2D eigenvalue weighted by Gasteiger charge is -2.11. The Morgan fingerprint density at radius 2 is 2.25 bits per heavy atom. The maximum absolute atomic E-state index is 10.5. The molecule has 0 amide bonds. The fourth-order valence-electron chi connectivity index (χ4n) is 1.05. The van der Waals surface area contributed by atoms with Crippen LogP contribution in [0.3, 0.4) is 0 Å². The van der Waals surface area contributed by atoms with E-state index in [9.17, 15) is 10.1 Å². The number of nitro benzene ring substituents is 1.